The van der Waals surface area contributed by atoms with Crippen LogP contribution in [0.4, 0.5) is 17.1 Å². The van der Waals surface area contributed by atoms with Crippen LogP contribution in [-0.4, -0.2) is 27.8 Å². The molecule has 0 bridgehead atoms. The minimum atomic E-state index is 0.817. The van der Waals surface area contributed by atoms with Crippen LogP contribution in [0.2, 0.25) is 0 Å². The SMILES string of the molecule is CN1CN(c2cccc(-n3c4cc(-c5nc6ccccc6n5C)ccc4c4c5c(ccc43)Cc3ccccc3-5)c2)c2ccccc21. The molecule has 0 saturated carbocycles. The van der Waals surface area contributed by atoms with Crippen molar-refractivity contribution in [1.29, 1.82) is 0 Å². The molecule has 2 aliphatic rings. The summed E-state index contributed by atoms with van der Waals surface area (Å²) in [7, 11) is 4.28. The van der Waals surface area contributed by atoms with E-state index in [4.69, 9.17) is 4.98 Å². The molecule has 220 valence electrons. The van der Waals surface area contributed by atoms with Crippen LogP contribution < -0.4 is 9.80 Å². The zero-order valence-electron chi connectivity index (χ0n) is 25.8. The summed E-state index contributed by atoms with van der Waals surface area (Å²) in [6.07, 6.45) is 0.976. The van der Waals surface area contributed by atoms with Crippen molar-refractivity contribution >= 4 is 49.9 Å². The van der Waals surface area contributed by atoms with Crippen molar-refractivity contribution in [3.8, 4) is 28.2 Å². The number of fused-ring (bicyclic) bond motifs is 9. The Bertz CT molecular complexity index is 2530. The van der Waals surface area contributed by atoms with Crippen molar-refractivity contribution < 1.29 is 0 Å². The molecule has 0 amide bonds. The number of aryl methyl sites for hydroxylation is 1. The maximum Gasteiger partial charge on any atom is 0.140 e. The zero-order chi connectivity index (χ0) is 30.5. The molecular weight excluding hydrogens is 562 g/mol. The lowest BCUT2D eigenvalue weighted by Gasteiger charge is -2.21. The average Bonchev–Trinajstić information content (AvgIpc) is 3.83. The van der Waals surface area contributed by atoms with Gasteiger partial charge in [-0.1, -0.05) is 72.8 Å². The Morgan fingerprint density at radius 2 is 1.41 bits per heavy atom. The first-order valence-corrected chi connectivity index (χ1v) is 15.9. The Hall–Kier alpha value is -5.81. The van der Waals surface area contributed by atoms with E-state index in [1.807, 2.05) is 0 Å². The molecule has 1 aliphatic carbocycles. The molecule has 0 radical (unpaired) electrons. The van der Waals surface area contributed by atoms with Gasteiger partial charge in [0.1, 0.15) is 5.82 Å². The van der Waals surface area contributed by atoms with E-state index < -0.39 is 0 Å². The molecule has 3 heterocycles. The molecule has 10 rings (SSSR count). The summed E-state index contributed by atoms with van der Waals surface area (Å²) < 4.78 is 4.67. The van der Waals surface area contributed by atoms with Gasteiger partial charge in [-0.2, -0.15) is 0 Å². The van der Waals surface area contributed by atoms with Gasteiger partial charge in [-0.3, -0.25) is 0 Å². The highest BCUT2D eigenvalue weighted by molar-refractivity contribution is 6.18. The number of hydrogen-bond donors (Lipinski definition) is 0. The smallest absolute Gasteiger partial charge is 0.140 e. The number of anilines is 3. The molecule has 0 spiro atoms. The summed E-state index contributed by atoms with van der Waals surface area (Å²) >= 11 is 0. The summed E-state index contributed by atoms with van der Waals surface area (Å²) in [6.45, 7) is 0.817. The third kappa shape index (κ3) is 3.48. The number of hydrogen-bond acceptors (Lipinski definition) is 3. The van der Waals surface area contributed by atoms with Crippen molar-refractivity contribution in [3.63, 3.8) is 0 Å². The van der Waals surface area contributed by atoms with Gasteiger partial charge in [0.2, 0.25) is 0 Å². The van der Waals surface area contributed by atoms with Gasteiger partial charge in [0.25, 0.3) is 0 Å². The summed E-state index contributed by atoms with van der Waals surface area (Å²) in [5.74, 6) is 0.973. The van der Waals surface area contributed by atoms with E-state index in [0.717, 1.165) is 41.2 Å². The fourth-order valence-corrected chi connectivity index (χ4v) is 7.95. The lowest BCUT2D eigenvalue weighted by molar-refractivity contribution is 0.948. The van der Waals surface area contributed by atoms with Crippen LogP contribution >= 0.6 is 0 Å². The van der Waals surface area contributed by atoms with Crippen molar-refractivity contribution in [2.75, 3.05) is 23.5 Å². The number of aromatic nitrogens is 3. The summed E-state index contributed by atoms with van der Waals surface area (Å²) in [5, 5.41) is 2.59. The number of nitrogens with zero attached hydrogens (tertiary/aromatic N) is 5. The molecule has 8 aromatic rings. The Morgan fingerprint density at radius 1 is 0.609 bits per heavy atom. The molecule has 5 heteroatoms. The van der Waals surface area contributed by atoms with Gasteiger partial charge >= 0.3 is 0 Å². The van der Waals surface area contributed by atoms with E-state index in [-0.39, 0.29) is 0 Å². The molecule has 0 fully saturated rings. The van der Waals surface area contributed by atoms with Crippen molar-refractivity contribution in [2.45, 2.75) is 6.42 Å². The maximum absolute atomic E-state index is 5.07. The van der Waals surface area contributed by atoms with E-state index in [1.54, 1.807) is 0 Å². The van der Waals surface area contributed by atoms with Crippen molar-refractivity contribution in [1.82, 2.24) is 14.1 Å². The van der Waals surface area contributed by atoms with E-state index in [2.05, 4.69) is 160 Å². The van der Waals surface area contributed by atoms with E-state index in [0.29, 0.717) is 0 Å². The minimum absolute atomic E-state index is 0.817. The predicted molar refractivity (Wildman–Crippen MR) is 191 cm³/mol. The van der Waals surface area contributed by atoms with Crippen molar-refractivity contribution in [3.05, 3.63) is 139 Å². The lowest BCUT2D eigenvalue weighted by Crippen LogP contribution is -2.24. The highest BCUT2D eigenvalue weighted by atomic mass is 15.4. The Balaban J connectivity index is 1.24. The summed E-state index contributed by atoms with van der Waals surface area (Å²) in [5.41, 5.74) is 16.0. The fraction of sp³-hybridized carbons (Fsp3) is 0.0976. The standard InChI is InChI=1S/C41H31N5/c1-43-25-45(36-17-8-7-16-35(36)43)29-11-9-12-30(24-29)46-37-21-19-27-22-26-10-3-4-13-31(26)39(27)40(37)32-20-18-28(23-38(32)46)41-42-33-14-5-6-15-34(33)44(41)2/h3-21,23-24H,22,25H2,1-2H3. The maximum atomic E-state index is 5.07. The normalized spacial score (nSPS) is 13.6. The molecule has 0 atom stereocenters. The third-order valence-electron chi connectivity index (χ3n) is 10.1. The molecule has 0 saturated heterocycles. The van der Waals surface area contributed by atoms with Crippen LogP contribution in [0.25, 0.3) is 61.0 Å². The third-order valence-corrected chi connectivity index (χ3v) is 10.1. The fourth-order valence-electron chi connectivity index (χ4n) is 7.95. The largest absolute Gasteiger partial charge is 0.355 e. The molecule has 2 aromatic heterocycles. The first-order chi connectivity index (χ1) is 22.6. The summed E-state index contributed by atoms with van der Waals surface area (Å²) in [4.78, 5) is 9.79. The van der Waals surface area contributed by atoms with Crippen molar-refractivity contribution in [2.24, 2.45) is 7.05 Å². The highest BCUT2D eigenvalue weighted by Gasteiger charge is 2.27. The zero-order valence-corrected chi connectivity index (χ0v) is 25.8. The Morgan fingerprint density at radius 3 is 2.33 bits per heavy atom. The molecule has 6 aromatic carbocycles. The monoisotopic (exact) mass is 593 g/mol. The Kier molecular flexibility index (Phi) is 5.18. The average molecular weight is 594 g/mol. The van der Waals surface area contributed by atoms with Crippen LogP contribution in [0, 0.1) is 0 Å². The van der Waals surface area contributed by atoms with Crippen LogP contribution in [0.15, 0.2) is 127 Å². The quantitative estimate of drug-likeness (QED) is 0.204. The van der Waals surface area contributed by atoms with Crippen LogP contribution in [-0.2, 0) is 13.5 Å². The molecule has 0 unspecified atom stereocenters. The van der Waals surface area contributed by atoms with E-state index in [9.17, 15) is 0 Å². The van der Waals surface area contributed by atoms with Crippen LogP contribution in [0.3, 0.4) is 0 Å². The van der Waals surface area contributed by atoms with Gasteiger partial charge < -0.3 is 18.9 Å². The lowest BCUT2D eigenvalue weighted by atomic mass is 9.99. The van der Waals surface area contributed by atoms with Gasteiger partial charge in [0.15, 0.2) is 0 Å². The van der Waals surface area contributed by atoms with E-state index >= 15 is 0 Å². The predicted octanol–water partition coefficient (Wildman–Crippen LogP) is 9.45. The molecule has 46 heavy (non-hydrogen) atoms. The van der Waals surface area contributed by atoms with Gasteiger partial charge in [-0.15, -0.1) is 0 Å². The first kappa shape index (κ1) is 25.5. The summed E-state index contributed by atoms with van der Waals surface area (Å²) in [6, 6.07) is 46.5. The highest BCUT2D eigenvalue weighted by Crippen LogP contribution is 2.47. The minimum Gasteiger partial charge on any atom is -0.355 e. The topological polar surface area (TPSA) is 29.2 Å². The number of rotatable bonds is 3. The van der Waals surface area contributed by atoms with Gasteiger partial charge in [0.05, 0.1) is 40.1 Å². The van der Waals surface area contributed by atoms with Crippen LogP contribution in [0.1, 0.15) is 11.1 Å². The Labute approximate surface area is 267 Å². The second kappa shape index (κ2) is 9.35. The number of benzene rings is 6. The van der Waals surface area contributed by atoms with Gasteiger partial charge in [0, 0.05) is 41.8 Å². The molecular formula is C41H31N5. The first-order valence-electron chi connectivity index (χ1n) is 15.9. The number of imidazole rings is 1. The second-order valence-electron chi connectivity index (χ2n) is 12.7. The second-order valence-corrected chi connectivity index (χ2v) is 12.7. The van der Waals surface area contributed by atoms with Gasteiger partial charge in [-0.25, -0.2) is 4.98 Å². The molecule has 0 N–H and O–H groups in total. The van der Waals surface area contributed by atoms with E-state index in [1.165, 1.54) is 61.1 Å². The molecule has 5 nitrogen and oxygen atoms in total. The van der Waals surface area contributed by atoms with Crippen LogP contribution in [0.5, 0.6) is 0 Å². The number of para-hydroxylation sites is 4. The molecule has 1 aliphatic heterocycles. The van der Waals surface area contributed by atoms with Gasteiger partial charge in [-0.05, 0) is 83.3 Å².